The van der Waals surface area contributed by atoms with Gasteiger partial charge in [-0.25, -0.2) is 4.39 Å². The van der Waals surface area contributed by atoms with Crippen molar-refractivity contribution in [1.29, 1.82) is 0 Å². The van der Waals surface area contributed by atoms with Gasteiger partial charge in [0.2, 0.25) is 0 Å². The second kappa shape index (κ2) is 8.58. The Morgan fingerprint density at radius 1 is 1.00 bits per heavy atom. The topological polar surface area (TPSA) is 39.9 Å². The molecule has 0 bridgehead atoms. The molecule has 152 valence electrons. The standard InChI is InChI=1S/C24H22FN3OS/c25-20-12-10-18(11-13-20)23-26-27-24(28(23)15-21-8-4-14-29-21)30-16-19-7-3-6-17-5-1-2-9-22(17)19/h1-3,5-7,9-13,21H,4,8,14-16H2. The molecule has 2 heterocycles. The predicted molar refractivity (Wildman–Crippen MR) is 118 cm³/mol. The van der Waals surface area contributed by atoms with E-state index in [-0.39, 0.29) is 11.9 Å². The summed E-state index contributed by atoms with van der Waals surface area (Å²) in [5.41, 5.74) is 2.13. The number of fused-ring (bicyclic) bond motifs is 1. The Kier molecular flexibility index (Phi) is 5.51. The molecule has 1 unspecified atom stereocenters. The molecule has 1 aliphatic heterocycles. The summed E-state index contributed by atoms with van der Waals surface area (Å²) in [6, 6.07) is 21.3. The summed E-state index contributed by atoms with van der Waals surface area (Å²) in [7, 11) is 0. The molecule has 0 aliphatic carbocycles. The Morgan fingerprint density at radius 3 is 2.67 bits per heavy atom. The highest BCUT2D eigenvalue weighted by Gasteiger charge is 2.22. The molecule has 1 aliphatic rings. The predicted octanol–water partition coefficient (Wildman–Crippen LogP) is 5.71. The minimum Gasteiger partial charge on any atom is -0.376 e. The highest BCUT2D eigenvalue weighted by molar-refractivity contribution is 7.98. The van der Waals surface area contributed by atoms with Crippen LogP contribution in [0.3, 0.4) is 0 Å². The number of thioether (sulfide) groups is 1. The van der Waals surface area contributed by atoms with E-state index in [1.165, 1.54) is 28.5 Å². The lowest BCUT2D eigenvalue weighted by Crippen LogP contribution is -2.16. The van der Waals surface area contributed by atoms with Gasteiger partial charge in [0, 0.05) is 17.9 Å². The Hall–Kier alpha value is -2.70. The van der Waals surface area contributed by atoms with E-state index in [0.717, 1.165) is 41.7 Å². The summed E-state index contributed by atoms with van der Waals surface area (Å²) in [5, 5.41) is 12.3. The van der Waals surface area contributed by atoms with Crippen LogP contribution in [0.1, 0.15) is 18.4 Å². The van der Waals surface area contributed by atoms with E-state index in [1.807, 2.05) is 0 Å². The second-order valence-corrected chi connectivity index (χ2v) is 8.43. The van der Waals surface area contributed by atoms with Crippen molar-refractivity contribution in [2.24, 2.45) is 0 Å². The molecule has 1 saturated heterocycles. The third-order valence-electron chi connectivity index (χ3n) is 5.47. The highest BCUT2D eigenvalue weighted by Crippen LogP contribution is 2.30. The van der Waals surface area contributed by atoms with Gasteiger partial charge in [0.05, 0.1) is 12.6 Å². The first kappa shape index (κ1) is 19.3. The van der Waals surface area contributed by atoms with Crippen molar-refractivity contribution in [1.82, 2.24) is 14.8 Å². The fourth-order valence-electron chi connectivity index (χ4n) is 3.93. The van der Waals surface area contributed by atoms with Gasteiger partial charge in [0.1, 0.15) is 5.82 Å². The van der Waals surface area contributed by atoms with Crippen LogP contribution >= 0.6 is 11.8 Å². The molecule has 1 aromatic heterocycles. The number of aromatic nitrogens is 3. The van der Waals surface area contributed by atoms with Crippen molar-refractivity contribution in [3.8, 4) is 11.4 Å². The molecule has 3 aromatic carbocycles. The summed E-state index contributed by atoms with van der Waals surface area (Å²) in [5.74, 6) is 1.30. The number of benzene rings is 3. The number of rotatable bonds is 6. The van der Waals surface area contributed by atoms with Gasteiger partial charge in [-0.05, 0) is 53.4 Å². The number of hydrogen-bond acceptors (Lipinski definition) is 4. The third-order valence-corrected chi connectivity index (χ3v) is 6.48. The van der Waals surface area contributed by atoms with Gasteiger partial charge in [-0.2, -0.15) is 0 Å². The van der Waals surface area contributed by atoms with Crippen molar-refractivity contribution in [2.45, 2.75) is 36.4 Å². The average Bonchev–Trinajstić information content (AvgIpc) is 3.43. The summed E-state index contributed by atoms with van der Waals surface area (Å²) >= 11 is 1.68. The lowest BCUT2D eigenvalue weighted by Gasteiger charge is -2.15. The first-order valence-electron chi connectivity index (χ1n) is 10.2. The third kappa shape index (κ3) is 3.98. The smallest absolute Gasteiger partial charge is 0.191 e. The molecule has 1 fully saturated rings. The molecular weight excluding hydrogens is 397 g/mol. The molecule has 30 heavy (non-hydrogen) atoms. The zero-order valence-corrected chi connectivity index (χ0v) is 17.3. The molecule has 0 saturated carbocycles. The van der Waals surface area contributed by atoms with E-state index in [1.54, 1.807) is 23.9 Å². The maximum absolute atomic E-state index is 13.4. The summed E-state index contributed by atoms with van der Waals surface area (Å²) in [6.45, 7) is 1.51. The van der Waals surface area contributed by atoms with Gasteiger partial charge >= 0.3 is 0 Å². The summed E-state index contributed by atoms with van der Waals surface area (Å²) in [4.78, 5) is 0. The Bertz CT molecular complexity index is 1150. The van der Waals surface area contributed by atoms with Crippen LogP contribution in [-0.2, 0) is 17.0 Å². The van der Waals surface area contributed by atoms with Gasteiger partial charge in [0.15, 0.2) is 11.0 Å². The van der Waals surface area contributed by atoms with E-state index < -0.39 is 0 Å². The van der Waals surface area contributed by atoms with Crippen molar-refractivity contribution in [2.75, 3.05) is 6.61 Å². The minimum atomic E-state index is -0.255. The molecule has 4 aromatic rings. The minimum absolute atomic E-state index is 0.164. The largest absolute Gasteiger partial charge is 0.376 e. The summed E-state index contributed by atoms with van der Waals surface area (Å²) < 4.78 is 21.4. The zero-order valence-electron chi connectivity index (χ0n) is 16.5. The van der Waals surface area contributed by atoms with E-state index in [4.69, 9.17) is 4.74 Å². The van der Waals surface area contributed by atoms with Gasteiger partial charge < -0.3 is 4.74 Å². The number of nitrogens with zero attached hydrogens (tertiary/aromatic N) is 3. The van der Waals surface area contributed by atoms with E-state index >= 15 is 0 Å². The summed E-state index contributed by atoms with van der Waals surface area (Å²) in [6.07, 6.45) is 2.28. The lowest BCUT2D eigenvalue weighted by molar-refractivity contribution is 0.0953. The van der Waals surface area contributed by atoms with Crippen LogP contribution in [-0.4, -0.2) is 27.5 Å². The van der Waals surface area contributed by atoms with E-state index in [0.29, 0.717) is 6.54 Å². The molecule has 0 spiro atoms. The SMILES string of the molecule is Fc1ccc(-c2nnc(SCc3cccc4ccccc34)n2CC2CCCO2)cc1. The van der Waals surface area contributed by atoms with Crippen LogP contribution in [0.15, 0.2) is 71.9 Å². The molecule has 6 heteroatoms. The van der Waals surface area contributed by atoms with Crippen LogP contribution in [0.2, 0.25) is 0 Å². The van der Waals surface area contributed by atoms with Crippen LogP contribution in [0.4, 0.5) is 4.39 Å². The Morgan fingerprint density at radius 2 is 1.83 bits per heavy atom. The highest BCUT2D eigenvalue weighted by atomic mass is 32.2. The van der Waals surface area contributed by atoms with Crippen molar-refractivity contribution >= 4 is 22.5 Å². The molecule has 0 N–H and O–H groups in total. The maximum atomic E-state index is 13.4. The van der Waals surface area contributed by atoms with Gasteiger partial charge in [-0.15, -0.1) is 10.2 Å². The Balaban J connectivity index is 1.45. The van der Waals surface area contributed by atoms with Crippen molar-refractivity contribution in [3.05, 3.63) is 78.1 Å². The lowest BCUT2D eigenvalue weighted by atomic mass is 10.1. The Labute approximate surface area is 179 Å². The maximum Gasteiger partial charge on any atom is 0.191 e. The van der Waals surface area contributed by atoms with E-state index in [2.05, 4.69) is 57.2 Å². The second-order valence-electron chi connectivity index (χ2n) is 7.49. The zero-order chi connectivity index (χ0) is 20.3. The monoisotopic (exact) mass is 419 g/mol. The normalized spacial score (nSPS) is 16.4. The van der Waals surface area contributed by atoms with Crippen LogP contribution < -0.4 is 0 Å². The van der Waals surface area contributed by atoms with Crippen molar-refractivity contribution < 1.29 is 9.13 Å². The molecule has 4 nitrogen and oxygen atoms in total. The molecule has 0 radical (unpaired) electrons. The molecule has 0 amide bonds. The number of hydrogen-bond donors (Lipinski definition) is 0. The average molecular weight is 420 g/mol. The number of ether oxygens (including phenoxy) is 1. The first-order chi connectivity index (χ1) is 14.8. The fraction of sp³-hybridized carbons (Fsp3) is 0.250. The molecular formula is C24H22FN3OS. The van der Waals surface area contributed by atoms with Crippen molar-refractivity contribution in [3.63, 3.8) is 0 Å². The van der Waals surface area contributed by atoms with Gasteiger partial charge in [-0.1, -0.05) is 54.2 Å². The number of halogens is 1. The van der Waals surface area contributed by atoms with Crippen LogP contribution in [0.25, 0.3) is 22.2 Å². The van der Waals surface area contributed by atoms with Crippen LogP contribution in [0, 0.1) is 5.82 Å². The quantitative estimate of drug-likeness (QED) is 0.375. The van der Waals surface area contributed by atoms with E-state index in [9.17, 15) is 4.39 Å². The molecule has 1 atom stereocenters. The van der Waals surface area contributed by atoms with Gasteiger partial charge in [0.25, 0.3) is 0 Å². The van der Waals surface area contributed by atoms with Gasteiger partial charge in [-0.3, -0.25) is 4.57 Å². The van der Waals surface area contributed by atoms with Crippen LogP contribution in [0.5, 0.6) is 0 Å². The molecule has 5 rings (SSSR count). The first-order valence-corrected chi connectivity index (χ1v) is 11.2. The fourth-order valence-corrected chi connectivity index (χ4v) is 4.88.